The lowest BCUT2D eigenvalue weighted by atomic mass is 10.0. The number of aryl methyl sites for hydroxylation is 2. The summed E-state index contributed by atoms with van der Waals surface area (Å²) in [6.07, 6.45) is -0.0261. The van der Waals surface area contributed by atoms with Gasteiger partial charge in [0.15, 0.2) is 0 Å². The first-order valence-corrected chi connectivity index (χ1v) is 8.36. The Hall–Kier alpha value is -2.69. The first-order valence-electron chi connectivity index (χ1n) is 8.36. The van der Waals surface area contributed by atoms with Gasteiger partial charge in [-0.2, -0.15) is 0 Å². The molecule has 2 aromatic carbocycles. The van der Waals surface area contributed by atoms with Gasteiger partial charge >= 0.3 is 0 Å². The predicted octanol–water partition coefficient (Wildman–Crippen LogP) is 4.45. The van der Waals surface area contributed by atoms with Crippen molar-refractivity contribution in [1.29, 1.82) is 0 Å². The number of phenolic OH excluding ortho intramolecular Hbond substituents is 1. The molecule has 2 aromatic rings. The van der Waals surface area contributed by atoms with Gasteiger partial charge in [0.2, 0.25) is 0 Å². The van der Waals surface area contributed by atoms with Crippen LogP contribution >= 0.6 is 0 Å². The summed E-state index contributed by atoms with van der Waals surface area (Å²) in [5.41, 5.74) is 2.83. The summed E-state index contributed by atoms with van der Waals surface area (Å²) in [5, 5.41) is 12.6. The van der Waals surface area contributed by atoms with Crippen molar-refractivity contribution in [2.24, 2.45) is 0 Å². The van der Waals surface area contributed by atoms with E-state index in [-0.39, 0.29) is 17.8 Å². The number of nitrogens with one attached hydrogen (secondary N) is 1. The van der Waals surface area contributed by atoms with Crippen molar-refractivity contribution in [2.45, 2.75) is 40.7 Å². The molecule has 0 saturated heterocycles. The van der Waals surface area contributed by atoms with Gasteiger partial charge in [0.25, 0.3) is 5.91 Å². The van der Waals surface area contributed by atoms with Crippen LogP contribution in [0.3, 0.4) is 0 Å². The maximum absolute atomic E-state index is 12.6. The maximum atomic E-state index is 12.6. The zero-order chi connectivity index (χ0) is 18.6. The highest BCUT2D eigenvalue weighted by Crippen LogP contribution is 2.28. The van der Waals surface area contributed by atoms with Crippen LogP contribution in [0, 0.1) is 13.8 Å². The molecule has 134 valence electrons. The lowest BCUT2D eigenvalue weighted by Gasteiger charge is -2.14. The van der Waals surface area contributed by atoms with Crippen molar-refractivity contribution in [2.75, 3.05) is 11.9 Å². The number of hydrogen-bond donors (Lipinski definition) is 2. The molecule has 0 aliphatic heterocycles. The molecule has 2 N–H and O–H groups in total. The third kappa shape index (κ3) is 4.89. The molecule has 5 nitrogen and oxygen atoms in total. The van der Waals surface area contributed by atoms with Gasteiger partial charge in [0, 0.05) is 29.4 Å². The summed E-state index contributed by atoms with van der Waals surface area (Å²) in [5.74, 6) is 1.09. The Bertz CT molecular complexity index is 745. The second kappa shape index (κ2) is 7.92. The fourth-order valence-corrected chi connectivity index (χ4v) is 2.65. The molecule has 0 atom stereocenters. The quantitative estimate of drug-likeness (QED) is 0.813. The van der Waals surface area contributed by atoms with Crippen molar-refractivity contribution in [3.8, 4) is 17.2 Å². The van der Waals surface area contributed by atoms with Crippen LogP contribution in [0.5, 0.6) is 17.2 Å². The van der Waals surface area contributed by atoms with Gasteiger partial charge in [-0.3, -0.25) is 4.79 Å². The van der Waals surface area contributed by atoms with Crippen LogP contribution in [0.4, 0.5) is 5.69 Å². The molecule has 0 aliphatic rings. The summed E-state index contributed by atoms with van der Waals surface area (Å²) in [4.78, 5) is 12.6. The number of ether oxygens (including phenoxy) is 2. The molecular weight excluding hydrogens is 318 g/mol. The molecule has 2 rings (SSSR count). The molecular formula is C20H25NO4. The third-order valence-corrected chi connectivity index (χ3v) is 3.53. The van der Waals surface area contributed by atoms with Crippen molar-refractivity contribution in [1.82, 2.24) is 0 Å². The number of benzene rings is 2. The number of rotatable bonds is 6. The number of aromatic hydroxyl groups is 1. The molecule has 0 spiro atoms. The average molecular weight is 343 g/mol. The summed E-state index contributed by atoms with van der Waals surface area (Å²) >= 11 is 0. The summed E-state index contributed by atoms with van der Waals surface area (Å²) < 4.78 is 11.2. The van der Waals surface area contributed by atoms with Crippen LogP contribution in [-0.4, -0.2) is 23.7 Å². The van der Waals surface area contributed by atoms with E-state index in [0.29, 0.717) is 23.6 Å². The van der Waals surface area contributed by atoms with E-state index in [9.17, 15) is 9.90 Å². The molecule has 0 heterocycles. The fourth-order valence-electron chi connectivity index (χ4n) is 2.65. The van der Waals surface area contributed by atoms with Gasteiger partial charge in [-0.25, -0.2) is 0 Å². The van der Waals surface area contributed by atoms with Crippen LogP contribution in [0.15, 0.2) is 30.3 Å². The standard InChI is InChI=1S/C20H25NO4/c1-6-24-19-13(4)7-15(8-14(19)5)20(23)21-16-9-17(22)11-18(10-16)25-12(2)3/h7-12,22H,6H2,1-5H3,(H,21,23). The zero-order valence-electron chi connectivity index (χ0n) is 15.3. The van der Waals surface area contributed by atoms with Crippen LogP contribution in [-0.2, 0) is 0 Å². The van der Waals surface area contributed by atoms with Crippen LogP contribution in [0.25, 0.3) is 0 Å². The Balaban J connectivity index is 2.24. The fraction of sp³-hybridized carbons (Fsp3) is 0.350. The number of amides is 1. The summed E-state index contributed by atoms with van der Waals surface area (Å²) in [6, 6.07) is 8.27. The smallest absolute Gasteiger partial charge is 0.255 e. The number of carbonyl (C=O) groups excluding carboxylic acids is 1. The minimum Gasteiger partial charge on any atom is -0.508 e. The van der Waals surface area contributed by atoms with Gasteiger partial charge in [-0.15, -0.1) is 0 Å². The van der Waals surface area contributed by atoms with Gasteiger partial charge < -0.3 is 19.9 Å². The highest BCUT2D eigenvalue weighted by molar-refractivity contribution is 6.04. The predicted molar refractivity (Wildman–Crippen MR) is 98.9 cm³/mol. The molecule has 25 heavy (non-hydrogen) atoms. The monoisotopic (exact) mass is 343 g/mol. The van der Waals surface area contributed by atoms with Crippen molar-refractivity contribution >= 4 is 11.6 Å². The van der Waals surface area contributed by atoms with Gasteiger partial charge in [-0.05, 0) is 57.9 Å². The molecule has 0 aromatic heterocycles. The molecule has 0 radical (unpaired) electrons. The van der Waals surface area contributed by atoms with Crippen molar-refractivity contribution < 1.29 is 19.4 Å². The van der Waals surface area contributed by atoms with Crippen molar-refractivity contribution in [3.63, 3.8) is 0 Å². The second-order valence-corrected chi connectivity index (χ2v) is 6.21. The maximum Gasteiger partial charge on any atom is 0.255 e. The average Bonchev–Trinajstić information content (AvgIpc) is 2.49. The van der Waals surface area contributed by atoms with E-state index in [0.717, 1.165) is 16.9 Å². The minimum absolute atomic E-state index is 0.0261. The molecule has 0 saturated carbocycles. The van der Waals surface area contributed by atoms with Crippen LogP contribution < -0.4 is 14.8 Å². The van der Waals surface area contributed by atoms with E-state index in [2.05, 4.69) is 5.32 Å². The number of carbonyl (C=O) groups is 1. The molecule has 0 fully saturated rings. The number of anilines is 1. The zero-order valence-corrected chi connectivity index (χ0v) is 15.3. The Labute approximate surface area is 148 Å². The number of hydrogen-bond acceptors (Lipinski definition) is 4. The first-order chi connectivity index (χ1) is 11.8. The highest BCUT2D eigenvalue weighted by Gasteiger charge is 2.13. The van der Waals surface area contributed by atoms with Gasteiger partial charge in [0.05, 0.1) is 12.7 Å². The highest BCUT2D eigenvalue weighted by atomic mass is 16.5. The molecule has 0 bridgehead atoms. The van der Waals surface area contributed by atoms with E-state index >= 15 is 0 Å². The van der Waals surface area contributed by atoms with Crippen LogP contribution in [0.1, 0.15) is 42.3 Å². The normalized spacial score (nSPS) is 10.6. The SMILES string of the molecule is CCOc1c(C)cc(C(=O)Nc2cc(O)cc(OC(C)C)c2)cc1C. The Kier molecular flexibility index (Phi) is 5.91. The third-order valence-electron chi connectivity index (χ3n) is 3.53. The van der Waals surface area contributed by atoms with E-state index in [1.165, 1.54) is 12.1 Å². The molecule has 1 amide bonds. The van der Waals surface area contributed by atoms with E-state index < -0.39 is 0 Å². The minimum atomic E-state index is -0.254. The van der Waals surface area contributed by atoms with E-state index in [4.69, 9.17) is 9.47 Å². The summed E-state index contributed by atoms with van der Waals surface area (Å²) in [7, 11) is 0. The Morgan fingerprint density at radius 1 is 1.12 bits per heavy atom. The first kappa shape index (κ1) is 18.6. The van der Waals surface area contributed by atoms with E-state index in [1.807, 2.05) is 34.6 Å². The van der Waals surface area contributed by atoms with E-state index in [1.54, 1.807) is 18.2 Å². The second-order valence-electron chi connectivity index (χ2n) is 6.21. The Morgan fingerprint density at radius 2 is 1.76 bits per heavy atom. The van der Waals surface area contributed by atoms with Crippen LogP contribution in [0.2, 0.25) is 0 Å². The Morgan fingerprint density at radius 3 is 2.32 bits per heavy atom. The summed E-state index contributed by atoms with van der Waals surface area (Å²) in [6.45, 7) is 10.1. The van der Waals surface area contributed by atoms with Gasteiger partial charge in [0.1, 0.15) is 17.2 Å². The molecule has 5 heteroatoms. The van der Waals surface area contributed by atoms with Crippen molar-refractivity contribution in [3.05, 3.63) is 47.0 Å². The lowest BCUT2D eigenvalue weighted by molar-refractivity contribution is 0.102. The molecule has 0 unspecified atom stereocenters. The topological polar surface area (TPSA) is 67.8 Å². The largest absolute Gasteiger partial charge is 0.508 e. The lowest BCUT2D eigenvalue weighted by Crippen LogP contribution is -2.13. The molecule has 0 aliphatic carbocycles. The van der Waals surface area contributed by atoms with Gasteiger partial charge in [-0.1, -0.05) is 0 Å². The number of phenols is 1.